The number of halogens is 1. The van der Waals surface area contributed by atoms with Gasteiger partial charge in [0.1, 0.15) is 11.9 Å². The summed E-state index contributed by atoms with van der Waals surface area (Å²) in [5.74, 6) is -0.354. The van der Waals surface area contributed by atoms with Crippen molar-refractivity contribution in [2.45, 2.75) is 38.2 Å². The van der Waals surface area contributed by atoms with E-state index in [0.29, 0.717) is 43.1 Å². The van der Waals surface area contributed by atoms with E-state index in [4.69, 9.17) is 41.0 Å². The number of benzene rings is 2. The van der Waals surface area contributed by atoms with Gasteiger partial charge in [-0.25, -0.2) is 4.79 Å². The normalized spacial score (nSPS) is 21.5. The molecule has 12 nitrogen and oxygen atoms in total. The Labute approximate surface area is 269 Å². The lowest BCUT2D eigenvalue weighted by Crippen LogP contribution is -2.34. The van der Waals surface area contributed by atoms with E-state index in [-0.39, 0.29) is 40.0 Å². The highest BCUT2D eigenvalue weighted by atomic mass is 35.5. The zero-order valence-electron chi connectivity index (χ0n) is 26.2. The summed E-state index contributed by atoms with van der Waals surface area (Å²) in [4.78, 5) is 43.3. The Morgan fingerprint density at radius 2 is 1.56 bits per heavy atom. The van der Waals surface area contributed by atoms with Gasteiger partial charge in [-0.2, -0.15) is 0 Å². The van der Waals surface area contributed by atoms with Crippen LogP contribution in [0.25, 0.3) is 0 Å². The summed E-state index contributed by atoms with van der Waals surface area (Å²) in [7, 11) is 4.47. The van der Waals surface area contributed by atoms with Crippen molar-refractivity contribution < 1.29 is 38.1 Å². The number of amides is 2. The Bertz CT molecular complexity index is 1330. The smallest absolute Gasteiger partial charge is 0.338 e. The first kappa shape index (κ1) is 34.1. The molecule has 1 saturated heterocycles. The lowest BCUT2D eigenvalue weighted by molar-refractivity contribution is 0.0221. The van der Waals surface area contributed by atoms with Gasteiger partial charge in [0, 0.05) is 31.7 Å². The first-order chi connectivity index (χ1) is 21.7. The third-order valence-electron chi connectivity index (χ3n) is 8.05. The van der Waals surface area contributed by atoms with E-state index in [1.165, 1.54) is 33.5 Å². The average Bonchev–Trinajstić information content (AvgIpc) is 3.26. The number of nitrogens with two attached hydrogens (primary N) is 1. The highest BCUT2D eigenvalue weighted by Gasteiger charge is 2.24. The van der Waals surface area contributed by atoms with Crippen LogP contribution in [0, 0.1) is 0 Å². The van der Waals surface area contributed by atoms with Gasteiger partial charge < -0.3 is 44.5 Å². The molecule has 0 aliphatic carbocycles. The number of nitrogens with zero attached hydrogens (tertiary/aromatic N) is 2. The molecule has 0 spiro atoms. The molecular formula is C32H43ClN4O8. The van der Waals surface area contributed by atoms with E-state index in [0.717, 1.165) is 52.1 Å². The molecule has 0 saturated carbocycles. The Hall–Kier alpha value is -3.74. The maximum atomic E-state index is 13.4. The Kier molecular flexibility index (Phi) is 12.5. The molecule has 2 aliphatic heterocycles. The molecule has 45 heavy (non-hydrogen) atoms. The number of fused-ring (bicyclic) bond motifs is 5. The second-order valence-electron chi connectivity index (χ2n) is 11.1. The molecule has 3 atom stereocenters. The van der Waals surface area contributed by atoms with Gasteiger partial charge in [0.05, 0.1) is 44.1 Å². The fraction of sp³-hybridized carbons (Fsp3) is 0.531. The first-order valence-electron chi connectivity index (χ1n) is 15.2. The van der Waals surface area contributed by atoms with Gasteiger partial charge in [-0.3, -0.25) is 9.59 Å². The van der Waals surface area contributed by atoms with Crippen molar-refractivity contribution in [3.8, 4) is 23.0 Å². The van der Waals surface area contributed by atoms with E-state index in [2.05, 4.69) is 15.1 Å². The van der Waals surface area contributed by atoms with E-state index in [1.807, 2.05) is 0 Å². The molecule has 2 heterocycles. The fourth-order valence-electron chi connectivity index (χ4n) is 5.64. The minimum Gasteiger partial charge on any atom is -0.493 e. The molecule has 2 aromatic carbocycles. The quantitative estimate of drug-likeness (QED) is 0.449. The van der Waals surface area contributed by atoms with E-state index in [1.54, 1.807) is 12.1 Å². The van der Waals surface area contributed by atoms with E-state index >= 15 is 0 Å². The van der Waals surface area contributed by atoms with Gasteiger partial charge in [-0.1, -0.05) is 11.6 Å². The Balaban J connectivity index is 1.55. The largest absolute Gasteiger partial charge is 0.493 e. The standard InChI is InChI=1S/C32H43ClN4O8/c1-41-26-19-22(20-27(42-2)29(26)43-3)32(40)45-23-7-4-16-44-25-18-21(17-24(33)28(25)30(34)38)31(39)35-9-5-10-36-11-6-12-37(13-8-23)15-14-36/h17-20,23H,4-16H2,1-3H3,(H2,34,38)(H,35,39). The molecule has 4 bridgehead atoms. The summed E-state index contributed by atoms with van der Waals surface area (Å²) >= 11 is 6.37. The number of methoxy groups -OCH3 is 3. The molecule has 0 radical (unpaired) electrons. The molecule has 246 valence electrons. The van der Waals surface area contributed by atoms with Crippen molar-refractivity contribution in [2.75, 3.05) is 73.7 Å². The van der Waals surface area contributed by atoms with E-state index in [9.17, 15) is 14.4 Å². The monoisotopic (exact) mass is 646 g/mol. The van der Waals surface area contributed by atoms with Crippen molar-refractivity contribution in [2.24, 2.45) is 5.73 Å². The predicted molar refractivity (Wildman–Crippen MR) is 169 cm³/mol. The lowest BCUT2D eigenvalue weighted by Gasteiger charge is -2.25. The minimum atomic E-state index is -0.757. The SMILES string of the molecule is COc1cc(C(=O)OC2CCCOc3cc(cc(Cl)c3C(N)=O)C(=O)NCCCN3CCCN(CC2)CC3)cc(OC)c1OC. The van der Waals surface area contributed by atoms with Gasteiger partial charge in [0.25, 0.3) is 11.8 Å². The second-order valence-corrected chi connectivity index (χ2v) is 11.5. The Morgan fingerprint density at radius 1 is 0.889 bits per heavy atom. The van der Waals surface area contributed by atoms with Gasteiger partial charge in [-0.15, -0.1) is 0 Å². The van der Waals surface area contributed by atoms with Gasteiger partial charge in [0.15, 0.2) is 11.5 Å². The number of rotatable bonds is 6. The molecule has 13 heteroatoms. The number of carbonyl (C=O) groups is 3. The van der Waals surface area contributed by atoms with Gasteiger partial charge in [-0.05, 0) is 76.0 Å². The summed E-state index contributed by atoms with van der Waals surface area (Å²) in [5.41, 5.74) is 6.15. The van der Waals surface area contributed by atoms with Crippen LogP contribution in [0.15, 0.2) is 24.3 Å². The number of hydrogen-bond donors (Lipinski definition) is 2. The van der Waals surface area contributed by atoms with E-state index < -0.39 is 18.0 Å². The summed E-state index contributed by atoms with van der Waals surface area (Å²) in [6, 6.07) is 6.05. The van der Waals surface area contributed by atoms with Crippen LogP contribution in [-0.4, -0.2) is 107 Å². The maximum Gasteiger partial charge on any atom is 0.338 e. The third kappa shape index (κ3) is 9.15. The van der Waals surface area contributed by atoms with Crippen molar-refractivity contribution in [3.05, 3.63) is 46.0 Å². The van der Waals surface area contributed by atoms with Gasteiger partial charge >= 0.3 is 5.97 Å². The van der Waals surface area contributed by atoms with Crippen LogP contribution in [0.3, 0.4) is 0 Å². The van der Waals surface area contributed by atoms with Crippen molar-refractivity contribution in [1.29, 1.82) is 0 Å². The molecule has 2 aliphatic rings. The number of nitrogens with one attached hydrogen (secondary N) is 1. The summed E-state index contributed by atoms with van der Waals surface area (Å²) in [5, 5.41) is 2.98. The molecule has 3 N–H and O–H groups in total. The fourth-order valence-corrected chi connectivity index (χ4v) is 5.95. The maximum absolute atomic E-state index is 13.4. The average molecular weight is 647 g/mol. The topological polar surface area (TPSA) is 142 Å². The van der Waals surface area contributed by atoms with Crippen LogP contribution in [0.2, 0.25) is 5.02 Å². The molecular weight excluding hydrogens is 604 g/mol. The van der Waals surface area contributed by atoms with Crippen LogP contribution in [0.5, 0.6) is 23.0 Å². The lowest BCUT2D eigenvalue weighted by atomic mass is 10.1. The van der Waals surface area contributed by atoms with Gasteiger partial charge in [0.2, 0.25) is 5.75 Å². The number of hydrogen-bond acceptors (Lipinski definition) is 10. The van der Waals surface area contributed by atoms with Crippen LogP contribution in [-0.2, 0) is 4.74 Å². The first-order valence-corrected chi connectivity index (χ1v) is 15.6. The molecule has 3 unspecified atom stereocenters. The predicted octanol–water partition coefficient (Wildman–Crippen LogP) is 3.38. The Morgan fingerprint density at radius 3 is 2.20 bits per heavy atom. The summed E-state index contributed by atoms with van der Waals surface area (Å²) in [6.45, 7) is 6.07. The van der Waals surface area contributed by atoms with Crippen molar-refractivity contribution in [1.82, 2.24) is 15.1 Å². The number of carbonyl (C=O) groups excluding carboxylic acids is 3. The molecule has 2 aromatic rings. The zero-order chi connectivity index (χ0) is 32.3. The molecule has 0 aromatic heterocycles. The second kappa shape index (κ2) is 16.5. The van der Waals surface area contributed by atoms with Crippen molar-refractivity contribution in [3.63, 3.8) is 0 Å². The highest BCUT2D eigenvalue weighted by Crippen LogP contribution is 2.38. The zero-order valence-corrected chi connectivity index (χ0v) is 27.0. The molecule has 2 amide bonds. The van der Waals surface area contributed by atoms with Crippen LogP contribution in [0.4, 0.5) is 0 Å². The van der Waals surface area contributed by atoms with Crippen LogP contribution in [0.1, 0.15) is 63.2 Å². The summed E-state index contributed by atoms with van der Waals surface area (Å²) in [6.07, 6.45) is 3.02. The minimum absolute atomic E-state index is 0.0120. The number of primary amides is 1. The third-order valence-corrected chi connectivity index (χ3v) is 8.35. The number of esters is 1. The molecule has 1 fully saturated rings. The van der Waals surface area contributed by atoms with Crippen molar-refractivity contribution >= 4 is 29.4 Å². The van der Waals surface area contributed by atoms with Crippen LogP contribution < -0.4 is 30.0 Å². The molecule has 4 rings (SSSR count). The highest BCUT2D eigenvalue weighted by molar-refractivity contribution is 6.34. The van der Waals surface area contributed by atoms with Crippen LogP contribution >= 0.6 is 11.6 Å². The summed E-state index contributed by atoms with van der Waals surface area (Å²) < 4.78 is 28.2. The number of ether oxygens (including phenoxy) is 5.